The maximum atomic E-state index is 13.9. The van der Waals surface area contributed by atoms with E-state index in [4.69, 9.17) is 0 Å². The summed E-state index contributed by atoms with van der Waals surface area (Å²) >= 11 is 0. The molecule has 0 atom stereocenters. The molecule has 0 bridgehead atoms. The van der Waals surface area contributed by atoms with Crippen molar-refractivity contribution in [2.75, 3.05) is 0 Å². The molecule has 0 spiro atoms. The SMILES string of the molecule is Cc1cc(C)n(-c2ccc(CCc3c(C)cccc3F)cc2)n1. The van der Waals surface area contributed by atoms with Crippen LogP contribution in [0.2, 0.25) is 0 Å². The van der Waals surface area contributed by atoms with Gasteiger partial charge in [0.25, 0.3) is 0 Å². The van der Waals surface area contributed by atoms with Crippen LogP contribution in [0.1, 0.15) is 28.1 Å². The van der Waals surface area contributed by atoms with Gasteiger partial charge in [-0.1, -0.05) is 24.3 Å². The number of benzene rings is 2. The fourth-order valence-corrected chi connectivity index (χ4v) is 2.95. The largest absolute Gasteiger partial charge is 0.238 e. The Morgan fingerprint density at radius 1 is 0.957 bits per heavy atom. The van der Waals surface area contributed by atoms with Crippen LogP contribution in [0.15, 0.2) is 48.5 Å². The van der Waals surface area contributed by atoms with Crippen LogP contribution in [-0.4, -0.2) is 9.78 Å². The van der Waals surface area contributed by atoms with E-state index in [1.807, 2.05) is 24.6 Å². The number of nitrogens with zero attached hydrogens (tertiary/aromatic N) is 2. The average molecular weight is 308 g/mol. The van der Waals surface area contributed by atoms with Crippen LogP contribution in [-0.2, 0) is 12.8 Å². The summed E-state index contributed by atoms with van der Waals surface area (Å²) in [6, 6.07) is 15.7. The smallest absolute Gasteiger partial charge is 0.126 e. The summed E-state index contributed by atoms with van der Waals surface area (Å²) in [4.78, 5) is 0. The molecule has 2 nitrogen and oxygen atoms in total. The summed E-state index contributed by atoms with van der Waals surface area (Å²) < 4.78 is 15.8. The molecular formula is C20H21FN2. The standard InChI is InChI=1S/C20H21FN2/c1-14-5-4-6-20(21)19(14)12-9-17-7-10-18(11-8-17)23-16(3)13-15(2)22-23/h4-8,10-11,13H,9,12H2,1-3H3. The first kappa shape index (κ1) is 15.5. The van der Waals surface area contributed by atoms with E-state index in [1.54, 1.807) is 6.07 Å². The summed E-state index contributed by atoms with van der Waals surface area (Å²) in [6.07, 6.45) is 1.55. The first-order valence-electron chi connectivity index (χ1n) is 7.91. The lowest BCUT2D eigenvalue weighted by molar-refractivity contribution is 0.606. The van der Waals surface area contributed by atoms with Gasteiger partial charge in [0.15, 0.2) is 0 Å². The fourth-order valence-electron chi connectivity index (χ4n) is 2.95. The molecule has 2 aromatic carbocycles. The molecule has 3 rings (SSSR count). The minimum absolute atomic E-state index is 0.107. The van der Waals surface area contributed by atoms with Crippen LogP contribution in [0.5, 0.6) is 0 Å². The third-order valence-electron chi connectivity index (χ3n) is 4.21. The Kier molecular flexibility index (Phi) is 4.28. The Bertz CT molecular complexity index is 796. The van der Waals surface area contributed by atoms with Gasteiger partial charge in [-0.3, -0.25) is 0 Å². The van der Waals surface area contributed by atoms with Crippen molar-refractivity contribution in [3.8, 4) is 5.69 Å². The number of halogens is 1. The Hall–Kier alpha value is -2.42. The van der Waals surface area contributed by atoms with E-state index in [-0.39, 0.29) is 5.82 Å². The summed E-state index contributed by atoms with van der Waals surface area (Å²) in [5.74, 6) is -0.107. The van der Waals surface area contributed by atoms with Crippen LogP contribution in [0.3, 0.4) is 0 Å². The molecular weight excluding hydrogens is 287 g/mol. The topological polar surface area (TPSA) is 17.8 Å². The van der Waals surface area contributed by atoms with E-state index in [9.17, 15) is 4.39 Å². The van der Waals surface area contributed by atoms with E-state index in [1.165, 1.54) is 11.6 Å². The molecule has 23 heavy (non-hydrogen) atoms. The zero-order chi connectivity index (χ0) is 16.4. The molecule has 0 N–H and O–H groups in total. The summed E-state index contributed by atoms with van der Waals surface area (Å²) in [5, 5.41) is 4.49. The highest BCUT2D eigenvalue weighted by Gasteiger charge is 2.07. The summed E-state index contributed by atoms with van der Waals surface area (Å²) in [5.41, 5.74) is 6.23. The molecule has 0 aliphatic carbocycles. The lowest BCUT2D eigenvalue weighted by Gasteiger charge is -2.09. The van der Waals surface area contributed by atoms with Crippen molar-refractivity contribution in [1.82, 2.24) is 9.78 Å². The zero-order valence-electron chi connectivity index (χ0n) is 13.8. The molecule has 0 saturated carbocycles. The van der Waals surface area contributed by atoms with Gasteiger partial charge in [-0.05, 0) is 74.6 Å². The second kappa shape index (κ2) is 6.37. The molecule has 0 amide bonds. The number of rotatable bonds is 4. The first-order valence-corrected chi connectivity index (χ1v) is 7.91. The second-order valence-corrected chi connectivity index (χ2v) is 6.04. The van der Waals surface area contributed by atoms with Gasteiger partial charge in [-0.25, -0.2) is 9.07 Å². The van der Waals surface area contributed by atoms with Crippen molar-refractivity contribution in [3.63, 3.8) is 0 Å². The van der Waals surface area contributed by atoms with Crippen molar-refractivity contribution in [1.29, 1.82) is 0 Å². The van der Waals surface area contributed by atoms with Gasteiger partial charge in [0.2, 0.25) is 0 Å². The number of aromatic nitrogens is 2. The normalized spacial score (nSPS) is 11.0. The third kappa shape index (κ3) is 3.34. The van der Waals surface area contributed by atoms with Crippen molar-refractivity contribution in [3.05, 3.63) is 82.4 Å². The molecule has 0 saturated heterocycles. The van der Waals surface area contributed by atoms with E-state index < -0.39 is 0 Å². The predicted octanol–water partition coefficient (Wildman–Crippen LogP) is 4.72. The minimum Gasteiger partial charge on any atom is -0.238 e. The van der Waals surface area contributed by atoms with Crippen molar-refractivity contribution < 1.29 is 4.39 Å². The van der Waals surface area contributed by atoms with Crippen LogP contribution in [0.4, 0.5) is 4.39 Å². The lowest BCUT2D eigenvalue weighted by Crippen LogP contribution is -2.00. The van der Waals surface area contributed by atoms with E-state index >= 15 is 0 Å². The van der Waals surface area contributed by atoms with Crippen LogP contribution in [0, 0.1) is 26.6 Å². The quantitative estimate of drug-likeness (QED) is 0.682. The van der Waals surface area contributed by atoms with Crippen LogP contribution < -0.4 is 0 Å². The molecule has 0 aliphatic rings. The molecule has 0 radical (unpaired) electrons. The summed E-state index contributed by atoms with van der Waals surface area (Å²) in [6.45, 7) is 6.01. The van der Waals surface area contributed by atoms with Gasteiger partial charge in [-0.15, -0.1) is 0 Å². The van der Waals surface area contributed by atoms with Gasteiger partial charge in [0, 0.05) is 5.69 Å². The molecule has 3 aromatic rings. The fraction of sp³-hybridized carbons (Fsp3) is 0.250. The molecule has 118 valence electrons. The molecule has 3 heteroatoms. The van der Waals surface area contributed by atoms with Gasteiger partial charge < -0.3 is 0 Å². The third-order valence-corrected chi connectivity index (χ3v) is 4.21. The van der Waals surface area contributed by atoms with Crippen molar-refractivity contribution in [2.24, 2.45) is 0 Å². The number of hydrogen-bond donors (Lipinski definition) is 0. The Morgan fingerprint density at radius 3 is 2.30 bits per heavy atom. The monoisotopic (exact) mass is 308 g/mol. The predicted molar refractivity (Wildman–Crippen MR) is 91.6 cm³/mol. The second-order valence-electron chi connectivity index (χ2n) is 6.04. The maximum Gasteiger partial charge on any atom is 0.126 e. The molecule has 1 aromatic heterocycles. The number of hydrogen-bond acceptors (Lipinski definition) is 1. The van der Waals surface area contributed by atoms with Gasteiger partial charge in [0.1, 0.15) is 5.82 Å². The van der Waals surface area contributed by atoms with Crippen LogP contribution >= 0.6 is 0 Å². The molecule has 0 fully saturated rings. The van der Waals surface area contributed by atoms with Crippen molar-refractivity contribution >= 4 is 0 Å². The number of aryl methyl sites for hydroxylation is 4. The van der Waals surface area contributed by atoms with Gasteiger partial charge in [0.05, 0.1) is 11.4 Å². The highest BCUT2D eigenvalue weighted by atomic mass is 19.1. The van der Waals surface area contributed by atoms with Crippen LogP contribution in [0.25, 0.3) is 5.69 Å². The first-order chi connectivity index (χ1) is 11.0. The van der Waals surface area contributed by atoms with Gasteiger partial charge in [-0.2, -0.15) is 5.10 Å². The average Bonchev–Trinajstić information content (AvgIpc) is 2.86. The lowest BCUT2D eigenvalue weighted by atomic mass is 10.00. The van der Waals surface area contributed by atoms with E-state index in [0.29, 0.717) is 0 Å². The van der Waals surface area contributed by atoms with Crippen molar-refractivity contribution in [2.45, 2.75) is 33.6 Å². The van der Waals surface area contributed by atoms with E-state index in [2.05, 4.69) is 42.4 Å². The molecule has 0 unspecified atom stereocenters. The maximum absolute atomic E-state index is 13.9. The highest BCUT2D eigenvalue weighted by molar-refractivity contribution is 5.36. The Labute approximate surface area is 136 Å². The molecule has 0 aliphatic heterocycles. The Morgan fingerprint density at radius 2 is 1.70 bits per heavy atom. The minimum atomic E-state index is -0.107. The highest BCUT2D eigenvalue weighted by Crippen LogP contribution is 2.17. The zero-order valence-corrected chi connectivity index (χ0v) is 13.8. The molecule has 1 heterocycles. The van der Waals surface area contributed by atoms with E-state index in [0.717, 1.165) is 41.0 Å². The Balaban J connectivity index is 1.74. The summed E-state index contributed by atoms with van der Waals surface area (Å²) in [7, 11) is 0. The van der Waals surface area contributed by atoms with Gasteiger partial charge >= 0.3 is 0 Å².